The summed E-state index contributed by atoms with van der Waals surface area (Å²) < 4.78 is 0. The zero-order valence-corrected chi connectivity index (χ0v) is 10.7. The maximum Gasteiger partial charge on any atom is 0.321 e. The monoisotopic (exact) mass is 252 g/mol. The second-order valence-corrected chi connectivity index (χ2v) is 6.93. The number of carbonyl (C=O) groups is 2. The molecule has 0 aliphatic heterocycles. The van der Waals surface area contributed by atoms with Gasteiger partial charge in [0.1, 0.15) is 0 Å². The van der Waals surface area contributed by atoms with Gasteiger partial charge in [0.25, 0.3) is 0 Å². The van der Waals surface area contributed by atoms with E-state index in [1.165, 1.54) is 26.2 Å². The smallest absolute Gasteiger partial charge is 0.321 e. The summed E-state index contributed by atoms with van der Waals surface area (Å²) in [5, 5.41) is 19.0. The van der Waals surface area contributed by atoms with Crippen LogP contribution in [0.15, 0.2) is 0 Å². The molecule has 18 heavy (non-hydrogen) atoms. The summed E-state index contributed by atoms with van der Waals surface area (Å²) in [5.41, 5.74) is -2.11. The Morgan fingerprint density at radius 2 is 1.28 bits per heavy atom. The molecule has 100 valence electrons. The highest BCUT2D eigenvalue weighted by atomic mass is 16.4. The number of rotatable bonds is 3. The topological polar surface area (TPSA) is 74.6 Å². The molecule has 2 N–H and O–H groups in total. The minimum atomic E-state index is -1.61. The van der Waals surface area contributed by atoms with E-state index in [-0.39, 0.29) is 0 Å². The van der Waals surface area contributed by atoms with Crippen LogP contribution in [-0.2, 0) is 9.59 Å². The molecule has 4 nitrogen and oxygen atoms in total. The molecule has 0 heterocycles. The van der Waals surface area contributed by atoms with Crippen molar-refractivity contribution < 1.29 is 19.8 Å². The first kappa shape index (κ1) is 12.0. The van der Waals surface area contributed by atoms with Gasteiger partial charge in [-0.15, -0.1) is 0 Å². The van der Waals surface area contributed by atoms with E-state index in [4.69, 9.17) is 0 Å². The van der Waals surface area contributed by atoms with Gasteiger partial charge in [-0.1, -0.05) is 0 Å². The lowest BCUT2D eigenvalue weighted by atomic mass is 9.43. The Bertz CT molecular complexity index is 363. The van der Waals surface area contributed by atoms with Crippen molar-refractivity contribution in [3.63, 3.8) is 0 Å². The average molecular weight is 252 g/mol. The Balaban J connectivity index is 2.04. The molecule has 4 saturated carbocycles. The van der Waals surface area contributed by atoms with Crippen molar-refractivity contribution in [2.75, 3.05) is 0 Å². The van der Waals surface area contributed by atoms with E-state index in [1.807, 2.05) is 0 Å². The summed E-state index contributed by atoms with van der Waals surface area (Å²) in [6, 6.07) is 0. The number of hydrogen-bond donors (Lipinski definition) is 2. The lowest BCUT2D eigenvalue weighted by molar-refractivity contribution is -0.191. The highest BCUT2D eigenvalue weighted by molar-refractivity contribution is 5.98. The molecule has 0 spiro atoms. The van der Waals surface area contributed by atoms with E-state index in [9.17, 15) is 19.8 Å². The first-order valence-electron chi connectivity index (χ1n) is 6.84. The molecule has 0 saturated heterocycles. The van der Waals surface area contributed by atoms with Crippen molar-refractivity contribution in [3.8, 4) is 0 Å². The van der Waals surface area contributed by atoms with Gasteiger partial charge in [0.15, 0.2) is 5.41 Å². The first-order chi connectivity index (χ1) is 8.37. The molecule has 4 aliphatic rings. The molecule has 4 bridgehead atoms. The highest BCUT2D eigenvalue weighted by Crippen LogP contribution is 2.66. The van der Waals surface area contributed by atoms with Crippen LogP contribution in [0.1, 0.15) is 45.4 Å². The van der Waals surface area contributed by atoms with Gasteiger partial charge in [-0.25, -0.2) is 0 Å². The Morgan fingerprint density at radius 1 is 0.944 bits per heavy atom. The molecular weight excluding hydrogens is 232 g/mol. The fourth-order valence-electron chi connectivity index (χ4n) is 5.27. The van der Waals surface area contributed by atoms with E-state index in [2.05, 4.69) is 0 Å². The van der Waals surface area contributed by atoms with Crippen LogP contribution in [0.25, 0.3) is 0 Å². The van der Waals surface area contributed by atoms with Crippen molar-refractivity contribution in [1.82, 2.24) is 0 Å². The lowest BCUT2D eigenvalue weighted by Crippen LogP contribution is -2.59. The number of carboxylic acid groups (broad SMARTS) is 2. The predicted molar refractivity (Wildman–Crippen MR) is 64.0 cm³/mol. The predicted octanol–water partition coefficient (Wildman–Crippen LogP) is 2.38. The van der Waals surface area contributed by atoms with E-state index >= 15 is 0 Å². The minimum Gasteiger partial charge on any atom is -0.480 e. The van der Waals surface area contributed by atoms with Gasteiger partial charge in [0, 0.05) is 0 Å². The van der Waals surface area contributed by atoms with E-state index in [0.29, 0.717) is 17.8 Å². The number of hydrogen-bond acceptors (Lipinski definition) is 2. The molecule has 0 aromatic heterocycles. The van der Waals surface area contributed by atoms with Crippen LogP contribution in [-0.4, -0.2) is 22.2 Å². The second-order valence-electron chi connectivity index (χ2n) is 6.93. The zero-order valence-electron chi connectivity index (χ0n) is 10.7. The SMILES string of the molecule is CC(C(=O)O)(C(=O)O)C12CC3CC(CC(C3)C1)C2. The van der Waals surface area contributed by atoms with Crippen molar-refractivity contribution in [2.24, 2.45) is 28.6 Å². The zero-order chi connectivity index (χ0) is 13.1. The number of carboxylic acids is 2. The van der Waals surface area contributed by atoms with Crippen LogP contribution in [0.4, 0.5) is 0 Å². The normalized spacial score (nSPS) is 41.9. The summed E-state index contributed by atoms with van der Waals surface area (Å²) in [6.07, 6.45) is 5.97. The van der Waals surface area contributed by atoms with Gasteiger partial charge >= 0.3 is 11.9 Å². The lowest BCUT2D eigenvalue weighted by Gasteiger charge is -2.60. The molecule has 0 unspecified atom stereocenters. The van der Waals surface area contributed by atoms with Crippen molar-refractivity contribution in [3.05, 3.63) is 0 Å². The molecule has 4 fully saturated rings. The summed E-state index contributed by atoms with van der Waals surface area (Å²) >= 11 is 0. The van der Waals surface area contributed by atoms with Gasteiger partial charge in [-0.05, 0) is 68.6 Å². The van der Waals surface area contributed by atoms with Crippen LogP contribution in [0.5, 0.6) is 0 Å². The number of aliphatic carboxylic acids is 2. The van der Waals surface area contributed by atoms with Crippen LogP contribution < -0.4 is 0 Å². The minimum absolute atomic E-state index is 0.501. The maximum absolute atomic E-state index is 11.6. The van der Waals surface area contributed by atoms with Gasteiger partial charge in [0.2, 0.25) is 0 Å². The summed E-state index contributed by atoms with van der Waals surface area (Å²) in [5.74, 6) is -0.619. The van der Waals surface area contributed by atoms with Gasteiger partial charge in [0.05, 0.1) is 0 Å². The van der Waals surface area contributed by atoms with Crippen molar-refractivity contribution in [2.45, 2.75) is 45.4 Å². The Kier molecular flexibility index (Phi) is 2.32. The fraction of sp³-hybridized carbons (Fsp3) is 0.857. The maximum atomic E-state index is 11.6. The fourth-order valence-corrected chi connectivity index (χ4v) is 5.27. The van der Waals surface area contributed by atoms with Gasteiger partial charge < -0.3 is 10.2 Å². The highest BCUT2D eigenvalue weighted by Gasteiger charge is 2.65. The second kappa shape index (κ2) is 3.49. The third-order valence-electron chi connectivity index (χ3n) is 5.95. The molecule has 4 heteroatoms. The Labute approximate surface area is 106 Å². The van der Waals surface area contributed by atoms with E-state index in [0.717, 1.165) is 19.3 Å². The Hall–Kier alpha value is -1.06. The van der Waals surface area contributed by atoms with E-state index in [1.54, 1.807) is 0 Å². The summed E-state index contributed by atoms with van der Waals surface area (Å²) in [7, 11) is 0. The average Bonchev–Trinajstić information content (AvgIpc) is 2.25. The largest absolute Gasteiger partial charge is 0.480 e. The molecule has 0 radical (unpaired) electrons. The molecule has 0 atom stereocenters. The van der Waals surface area contributed by atoms with Crippen molar-refractivity contribution in [1.29, 1.82) is 0 Å². The molecule has 4 aliphatic carbocycles. The summed E-state index contributed by atoms with van der Waals surface area (Å²) in [4.78, 5) is 23.2. The van der Waals surface area contributed by atoms with Gasteiger partial charge in [-0.2, -0.15) is 0 Å². The third kappa shape index (κ3) is 1.32. The quantitative estimate of drug-likeness (QED) is 0.756. The molecule has 0 aromatic carbocycles. The summed E-state index contributed by atoms with van der Waals surface area (Å²) in [6.45, 7) is 1.44. The third-order valence-corrected chi connectivity index (χ3v) is 5.95. The standard InChI is InChI=1S/C14H20O4/c1-13(11(15)16,12(17)18)14-5-8-2-9(6-14)4-10(3-8)7-14/h8-10H,2-7H2,1H3,(H,15,16)(H,17,18). The molecule has 0 amide bonds. The van der Waals surface area contributed by atoms with E-state index < -0.39 is 22.8 Å². The van der Waals surface area contributed by atoms with Crippen molar-refractivity contribution >= 4 is 11.9 Å². The Morgan fingerprint density at radius 3 is 1.56 bits per heavy atom. The molecule has 0 aromatic rings. The van der Waals surface area contributed by atoms with Crippen LogP contribution in [0.3, 0.4) is 0 Å². The van der Waals surface area contributed by atoms with Crippen LogP contribution in [0, 0.1) is 28.6 Å². The molecule has 4 rings (SSSR count). The molecular formula is C14H20O4. The van der Waals surface area contributed by atoms with Crippen LogP contribution >= 0.6 is 0 Å². The van der Waals surface area contributed by atoms with Crippen LogP contribution in [0.2, 0.25) is 0 Å². The first-order valence-corrected chi connectivity index (χ1v) is 6.84. The van der Waals surface area contributed by atoms with Gasteiger partial charge in [-0.3, -0.25) is 9.59 Å².